The van der Waals surface area contributed by atoms with E-state index in [4.69, 9.17) is 10.00 Å². The number of amides is 1. The smallest absolute Gasteiger partial charge is 0.416 e. The van der Waals surface area contributed by atoms with Crippen LogP contribution in [0, 0.1) is 21.4 Å². The van der Waals surface area contributed by atoms with Gasteiger partial charge in [0.25, 0.3) is 5.91 Å². The quantitative estimate of drug-likeness (QED) is 0.524. The minimum Gasteiger partial charge on any atom is -0.477 e. The summed E-state index contributed by atoms with van der Waals surface area (Å²) in [5.41, 5.74) is -1.35. The molecule has 7 nitrogen and oxygen atoms in total. The lowest BCUT2D eigenvalue weighted by atomic mass is 10.1. The van der Waals surface area contributed by atoms with Crippen LogP contribution >= 0.6 is 0 Å². The summed E-state index contributed by atoms with van der Waals surface area (Å²) in [6, 6.07) is 11.3. The topological polar surface area (TPSA) is 96.5 Å². The number of nitro groups is 1. The molecule has 0 saturated carbocycles. The molecule has 10 heteroatoms. The van der Waals surface area contributed by atoms with Crippen molar-refractivity contribution in [2.75, 3.05) is 18.1 Å². The second-order valence-corrected chi connectivity index (χ2v) is 5.52. The molecule has 2 aromatic carbocycles. The number of carbonyl (C=O) groups is 1. The van der Waals surface area contributed by atoms with Crippen molar-refractivity contribution in [2.24, 2.45) is 0 Å². The monoisotopic (exact) mass is 393 g/mol. The van der Waals surface area contributed by atoms with E-state index in [1.165, 1.54) is 30.3 Å². The number of hydrogen-bond donors (Lipinski definition) is 0. The van der Waals surface area contributed by atoms with Crippen molar-refractivity contribution in [2.45, 2.75) is 12.6 Å². The second-order valence-electron chi connectivity index (χ2n) is 5.52. The minimum absolute atomic E-state index is 0.0544. The molecular weight excluding hydrogens is 379 g/mol. The molecule has 0 bridgehead atoms. The van der Waals surface area contributed by atoms with Crippen LogP contribution in [-0.2, 0) is 11.0 Å². The van der Waals surface area contributed by atoms with E-state index in [0.29, 0.717) is 0 Å². The van der Waals surface area contributed by atoms with E-state index < -0.39 is 29.2 Å². The third-order valence-electron chi connectivity index (χ3n) is 3.65. The standard InChI is InChI=1S/C18H14F3N3O4/c19-18(20,21)13-5-3-6-14(11-13)23(10-4-9-22)17(25)12-28-16-8-2-1-7-15(16)24(26)27/h1-3,5-8,11H,4,10,12H2. The van der Waals surface area contributed by atoms with Crippen LogP contribution in [-0.4, -0.2) is 24.0 Å². The largest absolute Gasteiger partial charge is 0.477 e. The summed E-state index contributed by atoms with van der Waals surface area (Å²) in [6.45, 7) is -0.802. The Morgan fingerprint density at radius 1 is 1.21 bits per heavy atom. The molecule has 0 heterocycles. The number of hydrogen-bond acceptors (Lipinski definition) is 5. The van der Waals surface area contributed by atoms with Crippen LogP contribution in [0.5, 0.6) is 5.75 Å². The van der Waals surface area contributed by atoms with E-state index in [2.05, 4.69) is 0 Å². The van der Waals surface area contributed by atoms with Gasteiger partial charge in [-0.25, -0.2) is 0 Å². The van der Waals surface area contributed by atoms with E-state index in [-0.39, 0.29) is 30.1 Å². The highest BCUT2D eigenvalue weighted by molar-refractivity contribution is 5.94. The van der Waals surface area contributed by atoms with Crippen LogP contribution in [0.4, 0.5) is 24.5 Å². The van der Waals surface area contributed by atoms with Crippen LogP contribution in [0.15, 0.2) is 48.5 Å². The molecule has 0 unspecified atom stereocenters. The Kier molecular flexibility index (Phi) is 6.55. The molecular formula is C18H14F3N3O4. The molecule has 2 rings (SSSR count). The Morgan fingerprint density at radius 3 is 2.57 bits per heavy atom. The highest BCUT2D eigenvalue weighted by Crippen LogP contribution is 2.32. The normalized spacial score (nSPS) is 10.8. The number of nitriles is 1. The Hall–Kier alpha value is -3.61. The summed E-state index contributed by atoms with van der Waals surface area (Å²) in [7, 11) is 0. The predicted molar refractivity (Wildman–Crippen MR) is 92.6 cm³/mol. The number of carbonyl (C=O) groups excluding carboxylic acids is 1. The first-order chi connectivity index (χ1) is 13.2. The zero-order chi connectivity index (χ0) is 20.7. The Labute approximate surface area is 157 Å². The molecule has 0 aromatic heterocycles. The molecule has 0 saturated heterocycles. The molecule has 2 aromatic rings. The number of anilines is 1. The van der Waals surface area contributed by atoms with Gasteiger partial charge in [-0.1, -0.05) is 18.2 Å². The van der Waals surface area contributed by atoms with Gasteiger partial charge in [0.1, 0.15) is 0 Å². The predicted octanol–water partition coefficient (Wildman–Crippen LogP) is 3.94. The number of para-hydroxylation sites is 2. The van der Waals surface area contributed by atoms with E-state index in [0.717, 1.165) is 23.1 Å². The van der Waals surface area contributed by atoms with Crippen LogP contribution in [0.1, 0.15) is 12.0 Å². The summed E-state index contributed by atoms with van der Waals surface area (Å²) in [5.74, 6) is -0.891. The van der Waals surface area contributed by atoms with Gasteiger partial charge in [0.05, 0.1) is 23.0 Å². The van der Waals surface area contributed by atoms with Gasteiger partial charge in [0.15, 0.2) is 12.4 Å². The molecule has 0 aliphatic rings. The van der Waals surface area contributed by atoms with Crippen LogP contribution in [0.25, 0.3) is 0 Å². The van der Waals surface area contributed by atoms with Gasteiger partial charge >= 0.3 is 11.9 Å². The van der Waals surface area contributed by atoms with E-state index in [1.54, 1.807) is 0 Å². The number of rotatable bonds is 7. The highest BCUT2D eigenvalue weighted by atomic mass is 19.4. The van der Waals surface area contributed by atoms with Gasteiger partial charge in [-0.05, 0) is 24.3 Å². The number of alkyl halides is 3. The number of nitro benzene ring substituents is 1. The van der Waals surface area contributed by atoms with Gasteiger partial charge in [0, 0.05) is 18.3 Å². The summed E-state index contributed by atoms with van der Waals surface area (Å²) in [5, 5.41) is 19.7. The van der Waals surface area contributed by atoms with Gasteiger partial charge < -0.3 is 9.64 Å². The molecule has 0 N–H and O–H groups in total. The van der Waals surface area contributed by atoms with Crippen molar-refractivity contribution in [3.8, 4) is 11.8 Å². The fraction of sp³-hybridized carbons (Fsp3) is 0.222. The van der Waals surface area contributed by atoms with Crippen LogP contribution < -0.4 is 9.64 Å². The van der Waals surface area contributed by atoms with Gasteiger partial charge in [-0.3, -0.25) is 14.9 Å². The molecule has 0 spiro atoms. The van der Waals surface area contributed by atoms with E-state index >= 15 is 0 Å². The maximum atomic E-state index is 12.9. The SMILES string of the molecule is N#CCCN(C(=O)COc1ccccc1[N+](=O)[O-])c1cccc(C(F)(F)F)c1. The third kappa shape index (κ3) is 5.20. The van der Waals surface area contributed by atoms with Crippen molar-refractivity contribution < 1.29 is 27.6 Å². The summed E-state index contributed by atoms with van der Waals surface area (Å²) in [6.07, 6.45) is -4.71. The Bertz CT molecular complexity index is 909. The fourth-order valence-corrected chi connectivity index (χ4v) is 2.36. The third-order valence-corrected chi connectivity index (χ3v) is 3.65. The van der Waals surface area contributed by atoms with Crippen molar-refractivity contribution in [3.05, 3.63) is 64.2 Å². The summed E-state index contributed by atoms with van der Waals surface area (Å²) < 4.78 is 44.0. The first kappa shape index (κ1) is 20.7. The molecule has 146 valence electrons. The first-order valence-electron chi connectivity index (χ1n) is 7.95. The van der Waals surface area contributed by atoms with Crippen molar-refractivity contribution in [1.29, 1.82) is 5.26 Å². The summed E-state index contributed by atoms with van der Waals surface area (Å²) in [4.78, 5) is 23.8. The Balaban J connectivity index is 2.23. The van der Waals surface area contributed by atoms with Crippen molar-refractivity contribution in [3.63, 3.8) is 0 Å². The first-order valence-corrected chi connectivity index (χ1v) is 7.95. The van der Waals surface area contributed by atoms with E-state index in [9.17, 15) is 28.1 Å². The minimum atomic E-state index is -4.60. The average Bonchev–Trinajstić information content (AvgIpc) is 2.66. The molecule has 0 aliphatic heterocycles. The second kappa shape index (κ2) is 8.85. The summed E-state index contributed by atoms with van der Waals surface area (Å²) >= 11 is 0. The maximum Gasteiger partial charge on any atom is 0.416 e. The molecule has 0 fully saturated rings. The fourth-order valence-electron chi connectivity index (χ4n) is 2.36. The molecule has 28 heavy (non-hydrogen) atoms. The van der Waals surface area contributed by atoms with Crippen molar-refractivity contribution in [1.82, 2.24) is 0 Å². The van der Waals surface area contributed by atoms with Crippen LogP contribution in [0.3, 0.4) is 0 Å². The van der Waals surface area contributed by atoms with Gasteiger partial charge in [0.2, 0.25) is 0 Å². The zero-order valence-electron chi connectivity index (χ0n) is 14.3. The zero-order valence-corrected chi connectivity index (χ0v) is 14.3. The number of halogens is 3. The highest BCUT2D eigenvalue weighted by Gasteiger charge is 2.31. The lowest BCUT2D eigenvalue weighted by molar-refractivity contribution is -0.385. The van der Waals surface area contributed by atoms with E-state index in [1.807, 2.05) is 6.07 Å². The van der Waals surface area contributed by atoms with Crippen LogP contribution in [0.2, 0.25) is 0 Å². The number of nitrogens with zero attached hydrogens (tertiary/aromatic N) is 3. The van der Waals surface area contributed by atoms with Gasteiger partial charge in [-0.15, -0.1) is 0 Å². The number of ether oxygens (including phenoxy) is 1. The molecule has 0 atom stereocenters. The lowest BCUT2D eigenvalue weighted by Crippen LogP contribution is -2.36. The van der Waals surface area contributed by atoms with Gasteiger partial charge in [-0.2, -0.15) is 18.4 Å². The molecule has 1 amide bonds. The maximum absolute atomic E-state index is 12.9. The number of benzene rings is 2. The van der Waals surface area contributed by atoms with Crippen molar-refractivity contribution >= 4 is 17.3 Å². The molecule has 0 aliphatic carbocycles. The Morgan fingerprint density at radius 2 is 1.93 bits per heavy atom. The average molecular weight is 393 g/mol. The lowest BCUT2D eigenvalue weighted by Gasteiger charge is -2.23. The molecule has 0 radical (unpaired) electrons.